The van der Waals surface area contributed by atoms with Crippen molar-refractivity contribution in [2.75, 3.05) is 20.8 Å². The quantitative estimate of drug-likeness (QED) is 0.780. The van der Waals surface area contributed by atoms with Crippen molar-refractivity contribution in [3.63, 3.8) is 0 Å². The molecule has 0 saturated carbocycles. The Bertz CT molecular complexity index is 355. The van der Waals surface area contributed by atoms with Crippen molar-refractivity contribution < 1.29 is 14.6 Å². The van der Waals surface area contributed by atoms with Crippen LogP contribution >= 0.6 is 0 Å². The van der Waals surface area contributed by atoms with Gasteiger partial charge in [-0.15, -0.1) is 0 Å². The van der Waals surface area contributed by atoms with E-state index in [0.717, 1.165) is 17.1 Å². The largest absolute Gasteiger partial charge is 0.497 e. The molecule has 1 rings (SSSR count). The van der Waals surface area contributed by atoms with Crippen molar-refractivity contribution in [2.24, 2.45) is 0 Å². The van der Waals surface area contributed by atoms with Crippen molar-refractivity contribution in [3.8, 4) is 11.5 Å². The monoisotopic (exact) mass is 253 g/mol. The second-order valence-electron chi connectivity index (χ2n) is 4.93. The fraction of sp³-hybridized carbons (Fsp3) is 0.571. The third kappa shape index (κ3) is 4.55. The molecule has 0 aliphatic rings. The molecule has 18 heavy (non-hydrogen) atoms. The van der Waals surface area contributed by atoms with Crippen LogP contribution in [0.15, 0.2) is 18.2 Å². The van der Waals surface area contributed by atoms with Gasteiger partial charge in [-0.3, -0.25) is 0 Å². The smallest absolute Gasteiger partial charge is 0.122 e. The Hall–Kier alpha value is -1.26. The molecule has 0 unspecified atom stereocenters. The van der Waals surface area contributed by atoms with E-state index in [1.807, 2.05) is 18.2 Å². The van der Waals surface area contributed by atoms with E-state index in [-0.39, 0.29) is 12.1 Å². The Morgan fingerprint density at radius 1 is 1.11 bits per heavy atom. The molecule has 0 spiro atoms. The van der Waals surface area contributed by atoms with Gasteiger partial charge in [0.05, 0.1) is 14.2 Å². The van der Waals surface area contributed by atoms with Crippen LogP contribution in [0, 0.1) is 0 Å². The third-order valence-corrected chi connectivity index (χ3v) is 2.92. The van der Waals surface area contributed by atoms with Gasteiger partial charge in [0, 0.05) is 24.8 Å². The maximum atomic E-state index is 8.98. The molecule has 0 saturated heterocycles. The van der Waals surface area contributed by atoms with Gasteiger partial charge in [0.2, 0.25) is 0 Å². The first-order valence-corrected chi connectivity index (χ1v) is 6.08. The van der Waals surface area contributed by atoms with Gasteiger partial charge in [-0.1, -0.05) is 0 Å². The summed E-state index contributed by atoms with van der Waals surface area (Å²) in [6.45, 7) is 5.03. The number of ether oxygens (including phenoxy) is 2. The Morgan fingerprint density at radius 2 is 1.67 bits per heavy atom. The van der Waals surface area contributed by atoms with E-state index in [0.29, 0.717) is 13.0 Å². The summed E-state index contributed by atoms with van der Waals surface area (Å²) >= 11 is 0. The first-order valence-electron chi connectivity index (χ1n) is 6.08. The number of hydrogen-bond donors (Lipinski definition) is 2. The number of aliphatic hydroxyl groups is 1. The highest BCUT2D eigenvalue weighted by molar-refractivity contribution is 5.38. The average Bonchev–Trinajstić information content (AvgIpc) is 2.36. The van der Waals surface area contributed by atoms with Gasteiger partial charge in [-0.2, -0.15) is 0 Å². The zero-order chi connectivity index (χ0) is 13.6. The van der Waals surface area contributed by atoms with E-state index < -0.39 is 0 Å². The van der Waals surface area contributed by atoms with Crippen molar-refractivity contribution in [1.29, 1.82) is 0 Å². The average molecular weight is 253 g/mol. The topological polar surface area (TPSA) is 50.7 Å². The maximum absolute atomic E-state index is 8.98. The second-order valence-corrected chi connectivity index (χ2v) is 4.93. The Labute approximate surface area is 109 Å². The van der Waals surface area contributed by atoms with Gasteiger partial charge in [0.25, 0.3) is 0 Å². The summed E-state index contributed by atoms with van der Waals surface area (Å²) in [6.07, 6.45) is 0.716. The number of rotatable bonds is 7. The molecule has 0 radical (unpaired) electrons. The summed E-state index contributed by atoms with van der Waals surface area (Å²) in [5.41, 5.74) is 1.00. The number of nitrogens with one attached hydrogen (secondary N) is 1. The van der Waals surface area contributed by atoms with E-state index in [4.69, 9.17) is 14.6 Å². The molecule has 102 valence electrons. The van der Waals surface area contributed by atoms with Crippen LogP contribution in [0.2, 0.25) is 0 Å². The molecule has 0 bridgehead atoms. The predicted octanol–water partition coefficient (Wildman–Crippen LogP) is 1.95. The minimum absolute atomic E-state index is 0.0922. The van der Waals surface area contributed by atoms with E-state index in [1.165, 1.54) is 0 Å². The molecule has 1 aromatic rings. The number of aliphatic hydroxyl groups excluding tert-OH is 1. The lowest BCUT2D eigenvalue weighted by Gasteiger charge is -2.25. The molecule has 4 nitrogen and oxygen atoms in total. The Balaban J connectivity index is 2.72. The van der Waals surface area contributed by atoms with Crippen LogP contribution in [0.5, 0.6) is 11.5 Å². The highest BCUT2D eigenvalue weighted by Gasteiger charge is 2.16. The standard InChI is InChI=1S/C14H23NO3/c1-14(2,5-6-16)15-10-11-7-12(17-3)9-13(8-11)18-4/h7-9,15-16H,5-6,10H2,1-4H3. The van der Waals surface area contributed by atoms with Crippen molar-refractivity contribution >= 4 is 0 Å². The first kappa shape index (κ1) is 14.8. The second kappa shape index (κ2) is 6.61. The zero-order valence-electron chi connectivity index (χ0n) is 11.6. The number of benzene rings is 1. The van der Waals surface area contributed by atoms with Gasteiger partial charge in [-0.25, -0.2) is 0 Å². The number of methoxy groups -OCH3 is 2. The molecule has 2 N–H and O–H groups in total. The van der Waals surface area contributed by atoms with Crippen LogP contribution in [0.1, 0.15) is 25.8 Å². The minimum atomic E-state index is -0.0922. The van der Waals surface area contributed by atoms with Crippen LogP contribution in [-0.2, 0) is 6.54 Å². The van der Waals surface area contributed by atoms with Crippen molar-refractivity contribution in [3.05, 3.63) is 23.8 Å². The lowest BCUT2D eigenvalue weighted by atomic mass is 10.0. The fourth-order valence-corrected chi connectivity index (χ4v) is 1.68. The Kier molecular flexibility index (Phi) is 5.44. The van der Waals surface area contributed by atoms with Gasteiger partial charge in [0.1, 0.15) is 11.5 Å². The summed E-state index contributed by atoms with van der Waals surface area (Å²) in [7, 11) is 3.28. The van der Waals surface area contributed by atoms with E-state index in [9.17, 15) is 0 Å². The Morgan fingerprint density at radius 3 is 2.11 bits per heavy atom. The lowest BCUT2D eigenvalue weighted by Crippen LogP contribution is -2.39. The molecule has 0 atom stereocenters. The molecule has 0 amide bonds. The summed E-state index contributed by atoms with van der Waals surface area (Å²) < 4.78 is 10.5. The first-order chi connectivity index (χ1) is 8.50. The highest BCUT2D eigenvalue weighted by atomic mass is 16.5. The SMILES string of the molecule is COc1cc(CNC(C)(C)CCO)cc(OC)c1. The molecule has 0 aromatic heterocycles. The highest BCUT2D eigenvalue weighted by Crippen LogP contribution is 2.23. The summed E-state index contributed by atoms with van der Waals surface area (Å²) in [5, 5.41) is 12.4. The molecule has 0 fully saturated rings. The van der Waals surface area contributed by atoms with Gasteiger partial charge in [0.15, 0.2) is 0 Å². The van der Waals surface area contributed by atoms with Crippen molar-refractivity contribution in [1.82, 2.24) is 5.32 Å². The van der Waals surface area contributed by atoms with Crippen LogP contribution in [-0.4, -0.2) is 31.5 Å². The molecule has 1 aromatic carbocycles. The summed E-state index contributed by atoms with van der Waals surface area (Å²) in [5.74, 6) is 1.57. The van der Waals surface area contributed by atoms with E-state index in [1.54, 1.807) is 14.2 Å². The molecular weight excluding hydrogens is 230 g/mol. The van der Waals surface area contributed by atoms with Crippen LogP contribution < -0.4 is 14.8 Å². The molecule has 0 heterocycles. The van der Waals surface area contributed by atoms with Gasteiger partial charge >= 0.3 is 0 Å². The van der Waals surface area contributed by atoms with Crippen LogP contribution in [0.4, 0.5) is 0 Å². The predicted molar refractivity (Wildman–Crippen MR) is 72.2 cm³/mol. The van der Waals surface area contributed by atoms with E-state index in [2.05, 4.69) is 19.2 Å². The molecule has 0 aliphatic heterocycles. The lowest BCUT2D eigenvalue weighted by molar-refractivity contribution is 0.230. The maximum Gasteiger partial charge on any atom is 0.122 e. The molecule has 4 heteroatoms. The summed E-state index contributed by atoms with van der Waals surface area (Å²) in [4.78, 5) is 0. The van der Waals surface area contributed by atoms with Crippen LogP contribution in [0.25, 0.3) is 0 Å². The minimum Gasteiger partial charge on any atom is -0.497 e. The number of hydrogen-bond acceptors (Lipinski definition) is 4. The fourth-order valence-electron chi connectivity index (χ4n) is 1.68. The zero-order valence-corrected chi connectivity index (χ0v) is 11.6. The third-order valence-electron chi connectivity index (χ3n) is 2.92. The van der Waals surface area contributed by atoms with Crippen LogP contribution in [0.3, 0.4) is 0 Å². The molecule has 0 aliphatic carbocycles. The van der Waals surface area contributed by atoms with Gasteiger partial charge in [-0.05, 0) is 38.0 Å². The van der Waals surface area contributed by atoms with Gasteiger partial charge < -0.3 is 19.9 Å². The normalized spacial score (nSPS) is 11.4. The van der Waals surface area contributed by atoms with Crippen molar-refractivity contribution in [2.45, 2.75) is 32.4 Å². The van der Waals surface area contributed by atoms with E-state index >= 15 is 0 Å². The molecular formula is C14H23NO3. The summed E-state index contributed by atoms with van der Waals surface area (Å²) in [6, 6.07) is 5.80.